The molecule has 1 unspecified atom stereocenters. The van der Waals surface area contributed by atoms with Gasteiger partial charge in [-0.3, -0.25) is 0 Å². The van der Waals surface area contributed by atoms with Gasteiger partial charge in [0.05, 0.1) is 0 Å². The summed E-state index contributed by atoms with van der Waals surface area (Å²) in [7, 11) is 0. The summed E-state index contributed by atoms with van der Waals surface area (Å²) < 4.78 is 6.17. The summed E-state index contributed by atoms with van der Waals surface area (Å²) in [5.74, 6) is 0.875. The molecule has 8 rings (SSSR count). The first-order chi connectivity index (χ1) is 22.2. The lowest BCUT2D eigenvalue weighted by Gasteiger charge is -2.21. The maximum Gasteiger partial charge on any atom is 0.135 e. The van der Waals surface area contributed by atoms with Crippen LogP contribution in [0.2, 0.25) is 0 Å². The van der Waals surface area contributed by atoms with E-state index in [0.29, 0.717) is 0 Å². The molecule has 1 heterocycles. The van der Waals surface area contributed by atoms with Crippen LogP contribution in [-0.2, 0) is 6.42 Å². The molecule has 0 aliphatic carbocycles. The summed E-state index contributed by atoms with van der Waals surface area (Å²) in [5.41, 5.74) is 13.1. The average molecular weight is 581 g/mol. The van der Waals surface area contributed by atoms with Crippen LogP contribution in [0.1, 0.15) is 22.9 Å². The molecule has 0 bridgehead atoms. The van der Waals surface area contributed by atoms with Gasteiger partial charge in [-0.15, -0.1) is 0 Å². The van der Waals surface area contributed by atoms with Crippen molar-refractivity contribution in [3.63, 3.8) is 0 Å². The van der Waals surface area contributed by atoms with E-state index in [2.05, 4.69) is 127 Å². The third kappa shape index (κ3) is 5.24. The lowest BCUT2D eigenvalue weighted by Crippen LogP contribution is -2.27. The van der Waals surface area contributed by atoms with Crippen molar-refractivity contribution in [2.75, 3.05) is 0 Å². The Labute approximate surface area is 262 Å². The Kier molecular flexibility index (Phi) is 6.86. The van der Waals surface area contributed by atoms with Crippen LogP contribution in [0.4, 0.5) is 0 Å². The van der Waals surface area contributed by atoms with Crippen molar-refractivity contribution < 1.29 is 4.42 Å². The predicted octanol–water partition coefficient (Wildman–Crippen LogP) is 10.4. The molecule has 0 radical (unpaired) electrons. The lowest BCUT2D eigenvalue weighted by molar-refractivity contribution is 0.631. The van der Waals surface area contributed by atoms with Gasteiger partial charge in [0, 0.05) is 22.2 Å². The molecule has 3 heteroatoms. The molecule has 0 amide bonds. The number of benzene rings is 7. The Morgan fingerprint density at radius 3 is 2.20 bits per heavy atom. The Balaban J connectivity index is 1.21. The smallest absolute Gasteiger partial charge is 0.135 e. The summed E-state index contributed by atoms with van der Waals surface area (Å²) in [6, 6.07) is 53.2. The first-order valence-electron chi connectivity index (χ1n) is 15.4. The van der Waals surface area contributed by atoms with E-state index in [0.717, 1.165) is 45.5 Å². The van der Waals surface area contributed by atoms with E-state index in [1.807, 2.05) is 36.4 Å². The van der Waals surface area contributed by atoms with Gasteiger partial charge in [0.25, 0.3) is 0 Å². The van der Waals surface area contributed by atoms with Gasteiger partial charge < -0.3 is 15.5 Å². The Morgan fingerprint density at radius 2 is 1.36 bits per heavy atom. The number of furan rings is 1. The number of allylic oxidation sites excluding steroid dienone is 1. The number of nitrogens with one attached hydrogen (secondary N) is 1. The van der Waals surface area contributed by atoms with Crippen molar-refractivity contribution in [1.29, 1.82) is 0 Å². The minimum atomic E-state index is -0.362. The zero-order chi connectivity index (χ0) is 30.2. The predicted molar refractivity (Wildman–Crippen MR) is 189 cm³/mol. The number of hydrogen-bond donors (Lipinski definition) is 2. The molecular formula is C42H32N2O. The van der Waals surface area contributed by atoms with E-state index in [1.165, 1.54) is 37.9 Å². The number of nitrogens with two attached hydrogens (primary N) is 1. The summed E-state index contributed by atoms with van der Waals surface area (Å²) in [6.07, 6.45) is 2.63. The molecule has 0 saturated carbocycles. The molecule has 3 nitrogen and oxygen atoms in total. The molecule has 45 heavy (non-hydrogen) atoms. The maximum absolute atomic E-state index is 6.77. The van der Waals surface area contributed by atoms with E-state index >= 15 is 0 Å². The summed E-state index contributed by atoms with van der Waals surface area (Å²) >= 11 is 0. The second-order valence-corrected chi connectivity index (χ2v) is 11.6. The normalized spacial score (nSPS) is 12.7. The van der Waals surface area contributed by atoms with Crippen molar-refractivity contribution in [2.45, 2.75) is 12.6 Å². The van der Waals surface area contributed by atoms with Gasteiger partial charge >= 0.3 is 0 Å². The van der Waals surface area contributed by atoms with Crippen molar-refractivity contribution in [3.05, 3.63) is 174 Å². The van der Waals surface area contributed by atoms with Gasteiger partial charge in [0.2, 0.25) is 0 Å². The second kappa shape index (κ2) is 11.5. The fourth-order valence-electron chi connectivity index (χ4n) is 6.37. The highest BCUT2D eigenvalue weighted by Crippen LogP contribution is 2.34. The topological polar surface area (TPSA) is 51.2 Å². The monoisotopic (exact) mass is 580 g/mol. The van der Waals surface area contributed by atoms with Gasteiger partial charge in [0.1, 0.15) is 17.5 Å². The first kappa shape index (κ1) is 26.9. The van der Waals surface area contributed by atoms with Crippen LogP contribution < -0.4 is 11.1 Å². The summed E-state index contributed by atoms with van der Waals surface area (Å²) in [5, 5.41) is 12.2. The molecule has 3 N–H and O–H groups in total. The minimum Gasteiger partial charge on any atom is -0.456 e. The van der Waals surface area contributed by atoms with Gasteiger partial charge in [-0.1, -0.05) is 127 Å². The molecule has 0 fully saturated rings. The minimum absolute atomic E-state index is 0.362. The molecule has 1 aromatic heterocycles. The van der Waals surface area contributed by atoms with Gasteiger partial charge in [0.15, 0.2) is 0 Å². The molecule has 8 aromatic rings. The van der Waals surface area contributed by atoms with E-state index in [9.17, 15) is 0 Å². The molecule has 216 valence electrons. The molecule has 0 spiro atoms. The van der Waals surface area contributed by atoms with Crippen LogP contribution in [0.5, 0.6) is 0 Å². The maximum atomic E-state index is 6.77. The SMILES string of the molecule is NC(N/C(=C\Cc1cccc(-c2cc3ccccc3o2)c1)c1cccc2c1ccc1cc3ccccc3cc12)c1ccccc1. The molecular weight excluding hydrogens is 548 g/mol. The number of para-hydroxylation sites is 1. The van der Waals surface area contributed by atoms with Crippen LogP contribution in [0.15, 0.2) is 162 Å². The van der Waals surface area contributed by atoms with Crippen molar-refractivity contribution >= 4 is 49.0 Å². The van der Waals surface area contributed by atoms with E-state index in [4.69, 9.17) is 10.2 Å². The molecule has 1 atom stereocenters. The van der Waals surface area contributed by atoms with Crippen LogP contribution in [-0.4, -0.2) is 0 Å². The zero-order valence-electron chi connectivity index (χ0n) is 24.8. The second-order valence-electron chi connectivity index (χ2n) is 11.6. The molecule has 0 aliphatic heterocycles. The van der Waals surface area contributed by atoms with Crippen LogP contribution in [0.3, 0.4) is 0 Å². The third-order valence-corrected chi connectivity index (χ3v) is 8.68. The largest absolute Gasteiger partial charge is 0.456 e. The summed E-state index contributed by atoms with van der Waals surface area (Å²) in [4.78, 5) is 0. The fraction of sp³-hybridized carbons (Fsp3) is 0.0476. The number of rotatable bonds is 7. The first-order valence-corrected chi connectivity index (χ1v) is 15.4. The third-order valence-electron chi connectivity index (χ3n) is 8.68. The Morgan fingerprint density at radius 1 is 0.600 bits per heavy atom. The Hall–Kier alpha value is -5.64. The zero-order valence-corrected chi connectivity index (χ0v) is 24.8. The van der Waals surface area contributed by atoms with Crippen LogP contribution in [0.25, 0.3) is 60.3 Å². The molecule has 7 aromatic carbocycles. The van der Waals surface area contributed by atoms with Crippen molar-refractivity contribution in [2.24, 2.45) is 5.73 Å². The fourth-order valence-corrected chi connectivity index (χ4v) is 6.37. The lowest BCUT2D eigenvalue weighted by atomic mass is 9.94. The number of fused-ring (bicyclic) bond motifs is 5. The van der Waals surface area contributed by atoms with Gasteiger partial charge in [-0.05, 0) is 80.2 Å². The quantitative estimate of drug-likeness (QED) is 0.112. The average Bonchev–Trinajstić information content (AvgIpc) is 3.54. The highest BCUT2D eigenvalue weighted by Gasteiger charge is 2.14. The van der Waals surface area contributed by atoms with Crippen LogP contribution >= 0.6 is 0 Å². The van der Waals surface area contributed by atoms with E-state index in [-0.39, 0.29) is 6.17 Å². The summed E-state index contributed by atoms with van der Waals surface area (Å²) in [6.45, 7) is 0. The molecule has 0 saturated heterocycles. The van der Waals surface area contributed by atoms with E-state index < -0.39 is 0 Å². The standard InChI is InChI=1S/C42H32N2O/c43-42(29-11-2-1-3-12-29)44-39(23-20-28-10-8-16-33(24-28)41-27-34-15-6-7-19-40(34)45-41)37-18-9-17-35-36(37)22-21-32-25-30-13-4-5-14-31(30)26-38(32)35/h1-19,21-27,42,44H,20,43H2/b39-23-. The highest BCUT2D eigenvalue weighted by molar-refractivity contribution is 6.14. The van der Waals surface area contributed by atoms with Gasteiger partial charge in [-0.2, -0.15) is 0 Å². The Bertz CT molecular complexity index is 2320. The van der Waals surface area contributed by atoms with Gasteiger partial charge in [-0.25, -0.2) is 0 Å². The van der Waals surface area contributed by atoms with Crippen molar-refractivity contribution in [3.8, 4) is 11.3 Å². The number of hydrogen-bond acceptors (Lipinski definition) is 3. The van der Waals surface area contributed by atoms with E-state index in [1.54, 1.807) is 0 Å². The van der Waals surface area contributed by atoms with Crippen molar-refractivity contribution in [1.82, 2.24) is 5.32 Å². The molecule has 0 aliphatic rings. The van der Waals surface area contributed by atoms with Crippen LogP contribution in [0, 0.1) is 0 Å². The highest BCUT2D eigenvalue weighted by atomic mass is 16.3.